The molecule has 0 unspecified atom stereocenters. The number of nitrogens with zero attached hydrogens (tertiary/aromatic N) is 1. The van der Waals surface area contributed by atoms with Crippen LogP contribution in [0.3, 0.4) is 0 Å². The number of piperidine rings is 1. The van der Waals surface area contributed by atoms with Gasteiger partial charge >= 0.3 is 6.03 Å². The molecular weight excluding hydrogens is 308 g/mol. The highest BCUT2D eigenvalue weighted by Gasteiger charge is 2.22. The van der Waals surface area contributed by atoms with Gasteiger partial charge in [-0.1, -0.05) is 60.2 Å². The highest BCUT2D eigenvalue weighted by Crippen LogP contribution is 2.21. The minimum atomic E-state index is 0.00141. The summed E-state index contributed by atoms with van der Waals surface area (Å²) in [4.78, 5) is 14.2. The van der Waals surface area contributed by atoms with E-state index in [1.54, 1.807) is 6.20 Å². The third-order valence-electron chi connectivity index (χ3n) is 4.83. The molecule has 1 heterocycles. The van der Waals surface area contributed by atoms with Gasteiger partial charge in [0, 0.05) is 19.3 Å². The van der Waals surface area contributed by atoms with E-state index in [9.17, 15) is 4.79 Å². The monoisotopic (exact) mass is 334 g/mol. The second-order valence-corrected chi connectivity index (χ2v) is 6.81. The van der Waals surface area contributed by atoms with E-state index < -0.39 is 0 Å². The highest BCUT2D eigenvalue weighted by atomic mass is 16.2. The summed E-state index contributed by atoms with van der Waals surface area (Å²) in [5, 5.41) is 2.89. The summed E-state index contributed by atoms with van der Waals surface area (Å²) in [6.45, 7) is 3.74. The molecule has 2 aromatic rings. The number of carbonyl (C=O) groups is 1. The maximum Gasteiger partial charge on any atom is 0.321 e. The van der Waals surface area contributed by atoms with Gasteiger partial charge in [0.1, 0.15) is 0 Å². The van der Waals surface area contributed by atoms with Crippen molar-refractivity contribution < 1.29 is 4.79 Å². The van der Waals surface area contributed by atoms with Gasteiger partial charge in [0.15, 0.2) is 0 Å². The van der Waals surface area contributed by atoms with Crippen LogP contribution in [-0.4, -0.2) is 24.0 Å². The minimum Gasteiger partial charge on any atom is -0.325 e. The number of amides is 2. The predicted octanol–water partition coefficient (Wildman–Crippen LogP) is 4.63. The molecule has 3 rings (SSSR count). The number of hydrogen-bond acceptors (Lipinski definition) is 1. The van der Waals surface area contributed by atoms with Crippen molar-refractivity contribution in [2.75, 3.05) is 13.1 Å². The maximum atomic E-state index is 12.3. The molecule has 1 fully saturated rings. The predicted molar refractivity (Wildman–Crippen MR) is 103 cm³/mol. The van der Waals surface area contributed by atoms with Crippen LogP contribution in [0, 0.1) is 12.8 Å². The van der Waals surface area contributed by atoms with Gasteiger partial charge in [-0.25, -0.2) is 4.79 Å². The van der Waals surface area contributed by atoms with Gasteiger partial charge in [-0.15, -0.1) is 0 Å². The minimum absolute atomic E-state index is 0.00141. The number of benzene rings is 2. The van der Waals surface area contributed by atoms with E-state index >= 15 is 0 Å². The van der Waals surface area contributed by atoms with Crippen LogP contribution in [-0.2, 0) is 6.42 Å². The second kappa shape index (κ2) is 8.52. The average molecular weight is 334 g/mol. The van der Waals surface area contributed by atoms with Crippen LogP contribution in [0.2, 0.25) is 0 Å². The van der Waals surface area contributed by atoms with Gasteiger partial charge in [-0.05, 0) is 49.3 Å². The summed E-state index contributed by atoms with van der Waals surface area (Å²) in [7, 11) is 0. The Morgan fingerprint density at radius 2 is 1.76 bits per heavy atom. The third kappa shape index (κ3) is 5.21. The van der Waals surface area contributed by atoms with Crippen molar-refractivity contribution in [2.45, 2.75) is 26.2 Å². The Balaban J connectivity index is 1.43. The number of rotatable bonds is 4. The topological polar surface area (TPSA) is 32.3 Å². The largest absolute Gasteiger partial charge is 0.325 e. The third-order valence-corrected chi connectivity index (χ3v) is 4.83. The summed E-state index contributed by atoms with van der Waals surface area (Å²) >= 11 is 0. The molecule has 0 aliphatic carbocycles. The molecule has 0 saturated carbocycles. The van der Waals surface area contributed by atoms with Gasteiger partial charge in [0.25, 0.3) is 0 Å². The van der Waals surface area contributed by atoms with Gasteiger partial charge in [0.2, 0.25) is 0 Å². The van der Waals surface area contributed by atoms with Gasteiger partial charge in [-0.2, -0.15) is 0 Å². The van der Waals surface area contributed by atoms with E-state index in [-0.39, 0.29) is 6.03 Å². The first-order valence-electron chi connectivity index (χ1n) is 9.03. The van der Waals surface area contributed by atoms with Crippen molar-refractivity contribution in [1.29, 1.82) is 0 Å². The lowest BCUT2D eigenvalue weighted by atomic mass is 9.90. The lowest BCUT2D eigenvalue weighted by Crippen LogP contribution is -2.43. The Bertz CT molecular complexity index is 699. The van der Waals surface area contributed by atoms with E-state index in [4.69, 9.17) is 0 Å². The molecule has 3 heteroatoms. The molecule has 0 radical (unpaired) electrons. The van der Waals surface area contributed by atoms with Crippen LogP contribution in [0.25, 0.3) is 6.08 Å². The van der Waals surface area contributed by atoms with Crippen LogP contribution in [0.1, 0.15) is 29.5 Å². The van der Waals surface area contributed by atoms with Crippen LogP contribution in [0.4, 0.5) is 4.79 Å². The molecule has 1 aliphatic heterocycles. The molecule has 0 bridgehead atoms. The van der Waals surface area contributed by atoms with E-state index in [0.717, 1.165) is 37.9 Å². The van der Waals surface area contributed by atoms with Crippen molar-refractivity contribution in [3.05, 3.63) is 77.5 Å². The second-order valence-electron chi connectivity index (χ2n) is 6.81. The summed E-state index contributed by atoms with van der Waals surface area (Å²) in [6.07, 6.45) is 6.93. The fourth-order valence-electron chi connectivity index (χ4n) is 3.27. The van der Waals surface area contributed by atoms with Crippen LogP contribution < -0.4 is 5.32 Å². The van der Waals surface area contributed by atoms with E-state index in [0.29, 0.717) is 5.92 Å². The molecule has 0 spiro atoms. The molecule has 2 aromatic carbocycles. The van der Waals surface area contributed by atoms with Crippen LogP contribution in [0.15, 0.2) is 60.8 Å². The summed E-state index contributed by atoms with van der Waals surface area (Å²) in [6, 6.07) is 18.9. The van der Waals surface area contributed by atoms with Crippen molar-refractivity contribution in [3.63, 3.8) is 0 Å². The van der Waals surface area contributed by atoms with Gasteiger partial charge in [-0.3, -0.25) is 0 Å². The van der Waals surface area contributed by atoms with Gasteiger partial charge < -0.3 is 10.2 Å². The first-order valence-corrected chi connectivity index (χ1v) is 9.03. The Labute approximate surface area is 150 Å². The Hall–Kier alpha value is -2.55. The SMILES string of the molecule is Cc1ccc(/C=C/NC(=O)N2CCC(Cc3ccccc3)CC2)cc1. The van der Waals surface area contributed by atoms with E-state index in [1.807, 2.05) is 23.1 Å². The smallest absolute Gasteiger partial charge is 0.321 e. The molecule has 1 saturated heterocycles. The molecule has 3 nitrogen and oxygen atoms in total. The molecule has 1 aliphatic rings. The maximum absolute atomic E-state index is 12.3. The highest BCUT2D eigenvalue weighted by molar-refractivity contribution is 5.76. The molecule has 25 heavy (non-hydrogen) atoms. The number of carbonyl (C=O) groups excluding carboxylic acids is 1. The first-order chi connectivity index (χ1) is 12.2. The standard InChI is InChI=1S/C22H26N2O/c1-18-7-9-19(10-8-18)11-14-23-22(25)24-15-12-21(13-16-24)17-20-5-3-2-4-6-20/h2-11,14,21H,12-13,15-17H2,1H3,(H,23,25)/b14-11+. The lowest BCUT2D eigenvalue weighted by Gasteiger charge is -2.31. The molecule has 2 amide bonds. The molecule has 0 atom stereocenters. The molecule has 130 valence electrons. The normalized spacial score (nSPS) is 15.5. The fraction of sp³-hybridized carbons (Fsp3) is 0.318. The van der Waals surface area contributed by atoms with E-state index in [1.165, 1.54) is 11.1 Å². The molecular formula is C22H26N2O. The van der Waals surface area contributed by atoms with Crippen molar-refractivity contribution in [3.8, 4) is 0 Å². The zero-order valence-corrected chi connectivity index (χ0v) is 14.8. The Morgan fingerprint density at radius 1 is 1.08 bits per heavy atom. The average Bonchev–Trinajstić information content (AvgIpc) is 2.65. The molecule has 1 N–H and O–H groups in total. The first kappa shape index (κ1) is 17.3. The zero-order chi connectivity index (χ0) is 17.5. The summed E-state index contributed by atoms with van der Waals surface area (Å²) in [5.74, 6) is 0.676. The number of nitrogens with one attached hydrogen (secondary N) is 1. The number of hydrogen-bond donors (Lipinski definition) is 1. The van der Waals surface area contributed by atoms with Crippen LogP contribution in [0.5, 0.6) is 0 Å². The van der Waals surface area contributed by atoms with Gasteiger partial charge in [0.05, 0.1) is 0 Å². The fourth-order valence-corrected chi connectivity index (χ4v) is 3.27. The zero-order valence-electron chi connectivity index (χ0n) is 14.8. The van der Waals surface area contributed by atoms with Crippen molar-refractivity contribution in [2.24, 2.45) is 5.92 Å². The summed E-state index contributed by atoms with van der Waals surface area (Å²) < 4.78 is 0. The Morgan fingerprint density at radius 3 is 2.44 bits per heavy atom. The van der Waals surface area contributed by atoms with E-state index in [2.05, 4.69) is 54.7 Å². The van der Waals surface area contributed by atoms with Crippen molar-refractivity contribution >= 4 is 12.1 Å². The Kier molecular flexibility index (Phi) is 5.89. The quantitative estimate of drug-likeness (QED) is 0.868. The molecule has 0 aromatic heterocycles. The summed E-state index contributed by atoms with van der Waals surface area (Å²) in [5.41, 5.74) is 3.72. The number of likely N-dealkylation sites (tertiary alicyclic amines) is 1. The number of aryl methyl sites for hydroxylation is 1. The van der Waals surface area contributed by atoms with Crippen LogP contribution >= 0.6 is 0 Å². The van der Waals surface area contributed by atoms with Crippen molar-refractivity contribution in [1.82, 2.24) is 10.2 Å². The number of urea groups is 1. The lowest BCUT2D eigenvalue weighted by molar-refractivity contribution is 0.173.